The van der Waals surface area contributed by atoms with E-state index in [2.05, 4.69) is 21.2 Å². The zero-order valence-electron chi connectivity index (χ0n) is 12.8. The van der Waals surface area contributed by atoms with Gasteiger partial charge in [-0.1, -0.05) is 0 Å². The Labute approximate surface area is 130 Å². The van der Waals surface area contributed by atoms with Gasteiger partial charge in [-0.15, -0.1) is 0 Å². The molecule has 1 rings (SSSR count). The van der Waals surface area contributed by atoms with Crippen molar-refractivity contribution >= 4 is 24.6 Å². The molecule has 4 atom stereocenters. The van der Waals surface area contributed by atoms with Crippen molar-refractivity contribution in [3.05, 3.63) is 0 Å². The number of hydrogen-bond donors (Lipinski definition) is 0. The van der Waals surface area contributed by atoms with Gasteiger partial charge in [-0.05, 0) is 6.72 Å². The SMILES string of the molecule is C=N[C@@H]1O[C@H](COC(C)=O)C(F)(F)[C@H](OC(C)=O)[C@H]1OC(C)=O. The largest absolute Gasteiger partial charge is 0.463 e. The van der Waals surface area contributed by atoms with E-state index < -0.39 is 55.0 Å². The highest BCUT2D eigenvalue weighted by Crippen LogP contribution is 2.38. The Kier molecular flexibility index (Phi) is 6.13. The number of esters is 3. The smallest absolute Gasteiger partial charge is 0.317 e. The number of aliphatic imine (C=N–C) groups is 1. The lowest BCUT2D eigenvalue weighted by atomic mass is 9.96. The quantitative estimate of drug-likeness (QED) is 0.408. The summed E-state index contributed by atoms with van der Waals surface area (Å²) in [6.45, 7) is 5.34. The number of nitrogens with zero attached hydrogens (tertiary/aromatic N) is 1. The Morgan fingerprint density at radius 3 is 2.13 bits per heavy atom. The first-order valence-electron chi connectivity index (χ1n) is 6.56. The van der Waals surface area contributed by atoms with Gasteiger partial charge in [0.2, 0.25) is 6.10 Å². The van der Waals surface area contributed by atoms with Crippen LogP contribution in [-0.4, -0.2) is 61.7 Å². The first-order chi connectivity index (χ1) is 10.6. The van der Waals surface area contributed by atoms with Crippen LogP contribution in [0.3, 0.4) is 0 Å². The lowest BCUT2D eigenvalue weighted by Gasteiger charge is -2.43. The molecule has 0 bridgehead atoms. The van der Waals surface area contributed by atoms with E-state index in [9.17, 15) is 23.2 Å². The molecule has 23 heavy (non-hydrogen) atoms. The summed E-state index contributed by atoms with van der Waals surface area (Å²) >= 11 is 0. The Hall–Kier alpha value is -2.10. The Morgan fingerprint density at radius 1 is 1.13 bits per heavy atom. The fourth-order valence-corrected chi connectivity index (χ4v) is 2.01. The van der Waals surface area contributed by atoms with Gasteiger partial charge in [0.05, 0.1) is 0 Å². The molecule has 0 saturated carbocycles. The van der Waals surface area contributed by atoms with Crippen LogP contribution in [0.15, 0.2) is 4.99 Å². The molecule has 0 radical (unpaired) electrons. The van der Waals surface area contributed by atoms with E-state index in [0.717, 1.165) is 20.8 Å². The van der Waals surface area contributed by atoms with Gasteiger partial charge < -0.3 is 18.9 Å². The highest BCUT2D eigenvalue weighted by atomic mass is 19.3. The Bertz CT molecular complexity index is 497. The van der Waals surface area contributed by atoms with Crippen molar-refractivity contribution in [3.8, 4) is 0 Å². The van der Waals surface area contributed by atoms with Crippen LogP contribution in [0.1, 0.15) is 20.8 Å². The van der Waals surface area contributed by atoms with Gasteiger partial charge in [-0.3, -0.25) is 19.4 Å². The normalized spacial score (nSPS) is 29.3. The van der Waals surface area contributed by atoms with Gasteiger partial charge in [0, 0.05) is 20.8 Å². The Morgan fingerprint density at radius 2 is 1.70 bits per heavy atom. The molecule has 1 aliphatic heterocycles. The summed E-state index contributed by atoms with van der Waals surface area (Å²) in [7, 11) is 0. The molecule has 130 valence electrons. The molecule has 0 aromatic rings. The topological polar surface area (TPSA) is 100 Å². The van der Waals surface area contributed by atoms with Crippen LogP contribution in [0.2, 0.25) is 0 Å². The highest BCUT2D eigenvalue weighted by molar-refractivity contribution is 5.67. The lowest BCUT2D eigenvalue weighted by Crippen LogP contribution is -2.64. The average Bonchev–Trinajstić information content (AvgIpc) is 2.41. The fourth-order valence-electron chi connectivity index (χ4n) is 2.01. The minimum absolute atomic E-state index is 0.793. The molecule has 8 nitrogen and oxygen atoms in total. The lowest BCUT2D eigenvalue weighted by molar-refractivity contribution is -0.299. The molecule has 0 aromatic carbocycles. The molecular weight excluding hydrogens is 320 g/mol. The zero-order chi connectivity index (χ0) is 17.8. The van der Waals surface area contributed by atoms with Crippen molar-refractivity contribution in [2.75, 3.05) is 6.61 Å². The molecule has 1 aliphatic rings. The molecule has 0 N–H and O–H groups in total. The van der Waals surface area contributed by atoms with E-state index in [1.165, 1.54) is 0 Å². The third-order valence-electron chi connectivity index (χ3n) is 2.90. The molecule has 0 amide bonds. The predicted molar refractivity (Wildman–Crippen MR) is 70.9 cm³/mol. The number of rotatable bonds is 5. The van der Waals surface area contributed by atoms with E-state index in [4.69, 9.17) is 9.47 Å². The molecule has 0 aliphatic carbocycles. The molecular formula is C13H17F2NO7. The summed E-state index contributed by atoms with van der Waals surface area (Å²) in [6.07, 6.45) is -7.20. The van der Waals surface area contributed by atoms with Crippen molar-refractivity contribution in [1.29, 1.82) is 0 Å². The number of ether oxygens (including phenoxy) is 4. The predicted octanol–water partition coefficient (Wildman–Crippen LogP) is 0.474. The molecule has 1 fully saturated rings. The molecule has 1 heterocycles. The van der Waals surface area contributed by atoms with E-state index in [1.807, 2.05) is 0 Å². The van der Waals surface area contributed by atoms with Crippen molar-refractivity contribution in [2.45, 2.75) is 51.2 Å². The van der Waals surface area contributed by atoms with Gasteiger partial charge in [-0.2, -0.15) is 8.78 Å². The monoisotopic (exact) mass is 337 g/mol. The summed E-state index contributed by atoms with van der Waals surface area (Å²) in [5.41, 5.74) is 0. The number of halogens is 2. The first kappa shape index (κ1) is 18.9. The highest BCUT2D eigenvalue weighted by Gasteiger charge is 2.62. The van der Waals surface area contributed by atoms with Gasteiger partial charge in [0.25, 0.3) is 0 Å². The van der Waals surface area contributed by atoms with Gasteiger partial charge in [0.15, 0.2) is 18.4 Å². The van der Waals surface area contributed by atoms with Crippen molar-refractivity contribution in [2.24, 2.45) is 4.99 Å². The summed E-state index contributed by atoms with van der Waals surface area (Å²) in [6, 6.07) is 0. The zero-order valence-corrected chi connectivity index (χ0v) is 12.8. The third kappa shape index (κ3) is 4.68. The van der Waals surface area contributed by atoms with E-state index in [0.29, 0.717) is 0 Å². The van der Waals surface area contributed by atoms with Gasteiger partial charge in [0.1, 0.15) is 6.61 Å². The summed E-state index contributed by atoms with van der Waals surface area (Å²) in [4.78, 5) is 36.5. The summed E-state index contributed by atoms with van der Waals surface area (Å²) in [5.74, 6) is -6.48. The molecule has 0 spiro atoms. The molecule has 1 saturated heterocycles. The standard InChI is InChI=1S/C13H17F2NO7/c1-6(17)20-5-9-13(14,15)11(22-8(3)19)10(21-7(2)18)12(16-4)23-9/h9-12H,4-5H2,1-3H3/t9-,10-,11-,12-/m1/s1. The first-order valence-corrected chi connectivity index (χ1v) is 6.56. The van der Waals surface area contributed by atoms with Crippen molar-refractivity contribution in [3.63, 3.8) is 0 Å². The third-order valence-corrected chi connectivity index (χ3v) is 2.90. The van der Waals surface area contributed by atoms with Crippen molar-refractivity contribution in [1.82, 2.24) is 0 Å². The minimum Gasteiger partial charge on any atom is -0.463 e. The minimum atomic E-state index is -3.79. The van der Waals surface area contributed by atoms with Crippen LogP contribution in [0.4, 0.5) is 8.78 Å². The van der Waals surface area contributed by atoms with E-state index >= 15 is 0 Å². The second-order valence-electron chi connectivity index (χ2n) is 4.78. The van der Waals surface area contributed by atoms with Gasteiger partial charge in [-0.25, -0.2) is 0 Å². The fraction of sp³-hybridized carbons (Fsp3) is 0.692. The van der Waals surface area contributed by atoms with Crippen LogP contribution in [0.25, 0.3) is 0 Å². The second-order valence-corrected chi connectivity index (χ2v) is 4.78. The number of alkyl halides is 2. The summed E-state index contributed by atoms with van der Waals surface area (Å²) in [5, 5.41) is 0. The molecule has 0 aromatic heterocycles. The van der Waals surface area contributed by atoms with Crippen LogP contribution in [0.5, 0.6) is 0 Å². The maximum Gasteiger partial charge on any atom is 0.317 e. The van der Waals surface area contributed by atoms with Crippen LogP contribution in [0, 0.1) is 0 Å². The summed E-state index contributed by atoms with van der Waals surface area (Å²) < 4.78 is 47.9. The van der Waals surface area contributed by atoms with Crippen LogP contribution < -0.4 is 0 Å². The van der Waals surface area contributed by atoms with E-state index in [1.54, 1.807) is 0 Å². The average molecular weight is 337 g/mol. The molecule has 0 unspecified atom stereocenters. The van der Waals surface area contributed by atoms with Crippen LogP contribution >= 0.6 is 0 Å². The number of carbonyl (C=O) groups excluding carboxylic acids is 3. The van der Waals surface area contributed by atoms with Crippen LogP contribution in [-0.2, 0) is 33.3 Å². The Balaban J connectivity index is 3.13. The molecule has 10 heteroatoms. The second kappa shape index (κ2) is 7.44. The number of hydrogen-bond acceptors (Lipinski definition) is 8. The maximum absolute atomic E-state index is 14.5. The number of carbonyl (C=O) groups is 3. The van der Waals surface area contributed by atoms with E-state index in [-0.39, 0.29) is 0 Å². The maximum atomic E-state index is 14.5. The van der Waals surface area contributed by atoms with Gasteiger partial charge >= 0.3 is 23.8 Å². The van der Waals surface area contributed by atoms with Crippen molar-refractivity contribution < 1.29 is 42.1 Å².